The lowest BCUT2D eigenvalue weighted by molar-refractivity contribution is 0.0127. The highest BCUT2D eigenvalue weighted by Gasteiger charge is 2.35. The number of phenols is 1. The van der Waals surface area contributed by atoms with Crippen molar-refractivity contribution in [2.45, 2.75) is 32.7 Å². The predicted molar refractivity (Wildman–Crippen MR) is 141 cm³/mol. The number of piperazine rings is 1. The highest BCUT2D eigenvalue weighted by Crippen LogP contribution is 2.37. The Labute approximate surface area is 230 Å². The molecule has 214 valence electrons. The molecule has 1 aliphatic heterocycles. The Kier molecular flexibility index (Phi) is 6.79. The molecule has 0 saturated carbocycles. The number of alkyl halides is 2. The van der Waals surface area contributed by atoms with Gasteiger partial charge in [0.2, 0.25) is 0 Å². The third-order valence-electron chi connectivity index (χ3n) is 6.97. The molecule has 1 aromatic carbocycles. The summed E-state index contributed by atoms with van der Waals surface area (Å²) < 4.78 is 60.7. The molecular formula is C27H24F4N6O4. The number of fused-ring (bicyclic) bond motifs is 1. The second-order valence-electron chi connectivity index (χ2n) is 9.86. The molecule has 5 rings (SSSR count). The molecule has 10 nitrogen and oxygen atoms in total. The van der Waals surface area contributed by atoms with Gasteiger partial charge in [-0.2, -0.15) is 13.8 Å². The van der Waals surface area contributed by atoms with Gasteiger partial charge in [-0.15, -0.1) is 0 Å². The van der Waals surface area contributed by atoms with Gasteiger partial charge >= 0.3 is 11.8 Å². The van der Waals surface area contributed by atoms with Crippen molar-refractivity contribution in [3.8, 4) is 22.7 Å². The van der Waals surface area contributed by atoms with Crippen LogP contribution in [0.4, 0.5) is 28.2 Å². The van der Waals surface area contributed by atoms with Gasteiger partial charge in [0.25, 0.3) is 5.92 Å². The SMILES string of the molecule is Cc1ccnc(C(C)(F)F)c1-n1c(=O)nc(N2CCN(C(=O)O)CC2C)c2cc(F)c(-c3c(O)cccc3F)nc21. The summed E-state index contributed by atoms with van der Waals surface area (Å²) in [7, 11) is 0. The maximum absolute atomic E-state index is 15.7. The summed E-state index contributed by atoms with van der Waals surface area (Å²) in [5.74, 6) is -6.28. The highest BCUT2D eigenvalue weighted by atomic mass is 19.3. The van der Waals surface area contributed by atoms with Crippen LogP contribution in [0.15, 0.2) is 41.3 Å². The lowest BCUT2D eigenvalue weighted by Gasteiger charge is -2.39. The van der Waals surface area contributed by atoms with E-state index < -0.39 is 58.1 Å². The van der Waals surface area contributed by atoms with Crippen LogP contribution in [0.25, 0.3) is 28.0 Å². The second kappa shape index (κ2) is 10.0. The Morgan fingerprint density at radius 3 is 2.49 bits per heavy atom. The number of rotatable bonds is 4. The number of hydrogen-bond acceptors (Lipinski definition) is 7. The number of nitrogens with zero attached hydrogens (tertiary/aromatic N) is 6. The number of halogens is 4. The quantitative estimate of drug-likeness (QED) is 0.344. The van der Waals surface area contributed by atoms with Crippen molar-refractivity contribution in [3.63, 3.8) is 0 Å². The zero-order valence-corrected chi connectivity index (χ0v) is 22.1. The van der Waals surface area contributed by atoms with Crippen molar-refractivity contribution in [2.24, 2.45) is 0 Å². The lowest BCUT2D eigenvalue weighted by atomic mass is 10.1. The van der Waals surface area contributed by atoms with E-state index in [0.29, 0.717) is 6.92 Å². The van der Waals surface area contributed by atoms with E-state index >= 15 is 4.39 Å². The Balaban J connectivity index is 1.87. The molecule has 0 spiro atoms. The monoisotopic (exact) mass is 572 g/mol. The predicted octanol–water partition coefficient (Wildman–Crippen LogP) is 4.44. The maximum atomic E-state index is 15.7. The van der Waals surface area contributed by atoms with E-state index in [1.807, 2.05) is 0 Å². The van der Waals surface area contributed by atoms with E-state index in [-0.39, 0.29) is 47.7 Å². The average molecular weight is 573 g/mol. The molecule has 14 heteroatoms. The molecular weight excluding hydrogens is 548 g/mol. The molecule has 3 aromatic heterocycles. The zero-order chi connectivity index (χ0) is 29.8. The van der Waals surface area contributed by atoms with E-state index in [9.17, 15) is 33.0 Å². The summed E-state index contributed by atoms with van der Waals surface area (Å²) in [5, 5.41) is 19.7. The van der Waals surface area contributed by atoms with Crippen LogP contribution in [0, 0.1) is 18.6 Å². The molecule has 0 radical (unpaired) electrons. The first-order valence-corrected chi connectivity index (χ1v) is 12.5. The second-order valence-corrected chi connectivity index (χ2v) is 9.86. The molecule has 4 aromatic rings. The van der Waals surface area contributed by atoms with Crippen LogP contribution in [0.5, 0.6) is 5.75 Å². The number of benzene rings is 1. The molecule has 1 saturated heterocycles. The fraction of sp³-hybridized carbons (Fsp3) is 0.296. The topological polar surface area (TPSA) is 125 Å². The molecule has 1 atom stereocenters. The number of amides is 1. The minimum absolute atomic E-state index is 0.0482. The molecule has 4 heterocycles. The van der Waals surface area contributed by atoms with Gasteiger partial charge in [0, 0.05) is 38.8 Å². The third-order valence-corrected chi connectivity index (χ3v) is 6.97. The van der Waals surface area contributed by atoms with Crippen molar-refractivity contribution in [2.75, 3.05) is 24.5 Å². The van der Waals surface area contributed by atoms with E-state index in [1.54, 1.807) is 11.8 Å². The van der Waals surface area contributed by atoms with E-state index in [0.717, 1.165) is 29.0 Å². The van der Waals surface area contributed by atoms with Gasteiger partial charge in [0.05, 0.1) is 16.6 Å². The molecule has 0 aliphatic carbocycles. The minimum atomic E-state index is -3.51. The number of carboxylic acid groups (broad SMARTS) is 1. The van der Waals surface area contributed by atoms with Crippen LogP contribution in [0.3, 0.4) is 0 Å². The Bertz CT molecular complexity index is 1740. The van der Waals surface area contributed by atoms with Gasteiger partial charge in [-0.25, -0.2) is 27.9 Å². The minimum Gasteiger partial charge on any atom is -0.507 e. The van der Waals surface area contributed by atoms with E-state index in [1.165, 1.54) is 24.0 Å². The number of pyridine rings is 2. The fourth-order valence-electron chi connectivity index (χ4n) is 5.05. The smallest absolute Gasteiger partial charge is 0.407 e. The van der Waals surface area contributed by atoms with E-state index in [2.05, 4.69) is 15.0 Å². The van der Waals surface area contributed by atoms with Gasteiger partial charge < -0.3 is 20.0 Å². The average Bonchev–Trinajstić information content (AvgIpc) is 2.88. The van der Waals surface area contributed by atoms with Crippen molar-refractivity contribution < 1.29 is 32.6 Å². The first-order valence-electron chi connectivity index (χ1n) is 12.5. The molecule has 1 aliphatic rings. The summed E-state index contributed by atoms with van der Waals surface area (Å²) >= 11 is 0. The van der Waals surface area contributed by atoms with E-state index in [4.69, 9.17) is 0 Å². The van der Waals surface area contributed by atoms with Crippen molar-refractivity contribution in [1.29, 1.82) is 0 Å². The van der Waals surface area contributed by atoms with Crippen LogP contribution < -0.4 is 10.6 Å². The number of aromatic hydroxyl groups is 1. The van der Waals surface area contributed by atoms with Crippen LogP contribution in [0.1, 0.15) is 25.1 Å². The van der Waals surface area contributed by atoms with Crippen molar-refractivity contribution in [3.05, 3.63) is 69.9 Å². The summed E-state index contributed by atoms with van der Waals surface area (Å²) in [4.78, 5) is 40.1. The van der Waals surface area contributed by atoms with Crippen LogP contribution in [-0.2, 0) is 5.92 Å². The number of hydrogen-bond donors (Lipinski definition) is 2. The van der Waals surface area contributed by atoms with Crippen LogP contribution >= 0.6 is 0 Å². The molecule has 0 bridgehead atoms. The summed E-state index contributed by atoms with van der Waals surface area (Å²) in [6.45, 7) is 3.94. The number of aryl methyl sites for hydroxylation is 1. The van der Waals surface area contributed by atoms with Gasteiger partial charge in [0.1, 0.15) is 28.8 Å². The molecule has 1 fully saturated rings. The Hall–Kier alpha value is -4.75. The number of aromatic nitrogens is 4. The van der Waals surface area contributed by atoms with Crippen molar-refractivity contribution >= 4 is 22.9 Å². The lowest BCUT2D eigenvalue weighted by Crippen LogP contribution is -2.54. The van der Waals surface area contributed by atoms with Gasteiger partial charge in [0.15, 0.2) is 11.5 Å². The number of carbonyl (C=O) groups is 1. The van der Waals surface area contributed by atoms with Gasteiger partial charge in [-0.3, -0.25) is 4.98 Å². The van der Waals surface area contributed by atoms with Gasteiger partial charge in [-0.1, -0.05) is 6.07 Å². The summed E-state index contributed by atoms with van der Waals surface area (Å²) in [5.41, 5.74) is -3.52. The normalized spacial score (nSPS) is 15.9. The molecule has 41 heavy (non-hydrogen) atoms. The zero-order valence-electron chi connectivity index (χ0n) is 22.1. The number of anilines is 1. The highest BCUT2D eigenvalue weighted by molar-refractivity contribution is 5.91. The third kappa shape index (κ3) is 4.78. The fourth-order valence-corrected chi connectivity index (χ4v) is 5.05. The van der Waals surface area contributed by atoms with Crippen LogP contribution in [-0.4, -0.2) is 66.4 Å². The largest absolute Gasteiger partial charge is 0.507 e. The molecule has 1 amide bonds. The Morgan fingerprint density at radius 1 is 1.12 bits per heavy atom. The first kappa shape index (κ1) is 27.8. The molecule has 1 unspecified atom stereocenters. The first-order chi connectivity index (χ1) is 19.3. The standard InChI is InChI=1S/C27H24F4N6O4/c1-13-7-8-32-22(27(3,30)31)21(13)37-24-15(11-17(29)20(33-24)19-16(28)5-4-6-18(19)38)23(34-25(37)39)36-10-9-35(26(40)41)12-14(36)2/h4-8,11,14,38H,9-10,12H2,1-3H3,(H,40,41). The number of phenolic OH excluding ortho intramolecular Hbond substituents is 1. The summed E-state index contributed by atoms with van der Waals surface area (Å²) in [6, 6.07) is 5.14. The van der Waals surface area contributed by atoms with Gasteiger partial charge in [-0.05, 0) is 43.7 Å². The molecule has 2 N–H and O–H groups in total. The summed E-state index contributed by atoms with van der Waals surface area (Å²) in [6.07, 6.45) is 0.0204. The van der Waals surface area contributed by atoms with Crippen molar-refractivity contribution in [1.82, 2.24) is 24.4 Å². The Morgan fingerprint density at radius 2 is 1.85 bits per heavy atom. The maximum Gasteiger partial charge on any atom is 0.407 e. The van der Waals surface area contributed by atoms with Crippen LogP contribution in [0.2, 0.25) is 0 Å².